The van der Waals surface area contributed by atoms with E-state index in [1.54, 1.807) is 7.11 Å². The Hall–Kier alpha value is -1.02. The van der Waals surface area contributed by atoms with Gasteiger partial charge in [0, 0.05) is 11.1 Å². The molecule has 0 spiro atoms. The third-order valence-electron chi connectivity index (χ3n) is 3.70. The summed E-state index contributed by atoms with van der Waals surface area (Å²) in [5, 5.41) is 0. The van der Waals surface area contributed by atoms with Gasteiger partial charge >= 0.3 is 0 Å². The van der Waals surface area contributed by atoms with E-state index >= 15 is 0 Å². The van der Waals surface area contributed by atoms with Gasteiger partial charge in [0.1, 0.15) is 5.75 Å². The Morgan fingerprint density at radius 3 is 2.56 bits per heavy atom. The van der Waals surface area contributed by atoms with E-state index in [0.717, 1.165) is 25.0 Å². The summed E-state index contributed by atoms with van der Waals surface area (Å²) in [6, 6.07) is 6.41. The van der Waals surface area contributed by atoms with Crippen LogP contribution in [0.3, 0.4) is 0 Å². The highest BCUT2D eigenvalue weighted by Crippen LogP contribution is 2.40. The maximum Gasteiger partial charge on any atom is 0.123 e. The zero-order valence-electron chi connectivity index (χ0n) is 10.3. The van der Waals surface area contributed by atoms with Gasteiger partial charge in [-0.05, 0) is 30.9 Å². The first kappa shape index (κ1) is 11.5. The summed E-state index contributed by atoms with van der Waals surface area (Å²) in [5.41, 5.74) is 8.89. The smallest absolute Gasteiger partial charge is 0.123 e. The van der Waals surface area contributed by atoms with Crippen molar-refractivity contribution in [1.82, 2.24) is 0 Å². The summed E-state index contributed by atoms with van der Waals surface area (Å²) in [4.78, 5) is 0. The summed E-state index contributed by atoms with van der Waals surface area (Å²) in [5.74, 6) is 0.946. The van der Waals surface area contributed by atoms with E-state index in [9.17, 15) is 0 Å². The van der Waals surface area contributed by atoms with Crippen LogP contribution < -0.4 is 10.5 Å². The van der Waals surface area contributed by atoms with Crippen LogP contribution in [0.4, 0.5) is 0 Å². The van der Waals surface area contributed by atoms with Gasteiger partial charge in [-0.15, -0.1) is 0 Å². The predicted octanol–water partition coefficient (Wildman–Crippen LogP) is 2.99. The molecule has 0 aliphatic heterocycles. The maximum atomic E-state index is 6.50. The van der Waals surface area contributed by atoms with E-state index in [1.807, 2.05) is 0 Å². The first-order valence-corrected chi connectivity index (χ1v) is 6.16. The van der Waals surface area contributed by atoms with Crippen LogP contribution >= 0.6 is 0 Å². The van der Waals surface area contributed by atoms with Crippen LogP contribution in [0.15, 0.2) is 18.2 Å². The van der Waals surface area contributed by atoms with E-state index in [-0.39, 0.29) is 5.54 Å². The zero-order chi connectivity index (χ0) is 11.6. The standard InChI is InChI=1S/C14H21NO/c1-3-11-6-7-13(16-2)12(10-11)14(15)8-4-5-9-14/h6-7,10H,3-5,8-9,15H2,1-2H3. The number of methoxy groups -OCH3 is 1. The van der Waals surface area contributed by atoms with Gasteiger partial charge in [0.2, 0.25) is 0 Å². The number of ether oxygens (including phenoxy) is 1. The van der Waals surface area contributed by atoms with E-state index < -0.39 is 0 Å². The Morgan fingerprint density at radius 1 is 1.31 bits per heavy atom. The number of rotatable bonds is 3. The Morgan fingerprint density at radius 2 is 2.00 bits per heavy atom. The molecule has 2 rings (SSSR count). The molecule has 1 fully saturated rings. The fourth-order valence-corrected chi connectivity index (χ4v) is 2.64. The van der Waals surface area contributed by atoms with Gasteiger partial charge in [0.05, 0.1) is 7.11 Å². The van der Waals surface area contributed by atoms with Crippen molar-refractivity contribution in [3.05, 3.63) is 29.3 Å². The molecule has 2 heteroatoms. The summed E-state index contributed by atoms with van der Waals surface area (Å²) in [6.07, 6.45) is 5.67. The second-order valence-electron chi connectivity index (χ2n) is 4.75. The molecule has 0 unspecified atom stereocenters. The minimum atomic E-state index is -0.156. The van der Waals surface area contributed by atoms with Gasteiger partial charge in [-0.1, -0.05) is 31.9 Å². The fraction of sp³-hybridized carbons (Fsp3) is 0.571. The predicted molar refractivity (Wildman–Crippen MR) is 66.7 cm³/mol. The van der Waals surface area contributed by atoms with Gasteiger partial charge in [-0.3, -0.25) is 0 Å². The van der Waals surface area contributed by atoms with E-state index in [4.69, 9.17) is 10.5 Å². The molecule has 0 saturated heterocycles. The highest BCUT2D eigenvalue weighted by Gasteiger charge is 2.33. The summed E-state index contributed by atoms with van der Waals surface area (Å²) >= 11 is 0. The minimum Gasteiger partial charge on any atom is -0.496 e. The van der Waals surface area contributed by atoms with Crippen molar-refractivity contribution in [2.24, 2.45) is 5.73 Å². The Balaban J connectivity index is 2.43. The molecule has 1 saturated carbocycles. The van der Waals surface area contributed by atoms with E-state index in [1.165, 1.54) is 24.0 Å². The third-order valence-corrected chi connectivity index (χ3v) is 3.70. The number of nitrogens with two attached hydrogens (primary N) is 1. The van der Waals surface area contributed by atoms with Crippen molar-refractivity contribution >= 4 is 0 Å². The molecule has 1 aliphatic carbocycles. The monoisotopic (exact) mass is 219 g/mol. The molecular weight excluding hydrogens is 198 g/mol. The van der Waals surface area contributed by atoms with Crippen molar-refractivity contribution < 1.29 is 4.74 Å². The molecular formula is C14H21NO. The molecule has 0 bridgehead atoms. The lowest BCUT2D eigenvalue weighted by Gasteiger charge is -2.26. The van der Waals surface area contributed by atoms with Crippen LogP contribution in [0.1, 0.15) is 43.7 Å². The van der Waals surface area contributed by atoms with Gasteiger partial charge in [0.25, 0.3) is 0 Å². The largest absolute Gasteiger partial charge is 0.496 e. The van der Waals surface area contributed by atoms with Crippen molar-refractivity contribution in [2.45, 2.75) is 44.6 Å². The molecule has 88 valence electrons. The van der Waals surface area contributed by atoms with Crippen LogP contribution in [0.5, 0.6) is 5.75 Å². The lowest BCUT2D eigenvalue weighted by molar-refractivity contribution is 0.379. The lowest BCUT2D eigenvalue weighted by atomic mass is 9.87. The average molecular weight is 219 g/mol. The van der Waals surface area contributed by atoms with Crippen LogP contribution in [-0.4, -0.2) is 7.11 Å². The molecule has 0 radical (unpaired) electrons. The molecule has 0 heterocycles. The quantitative estimate of drug-likeness (QED) is 0.848. The highest BCUT2D eigenvalue weighted by atomic mass is 16.5. The molecule has 16 heavy (non-hydrogen) atoms. The van der Waals surface area contributed by atoms with Crippen LogP contribution in [-0.2, 0) is 12.0 Å². The minimum absolute atomic E-state index is 0.156. The average Bonchev–Trinajstić information content (AvgIpc) is 2.76. The maximum absolute atomic E-state index is 6.50. The Kier molecular flexibility index (Phi) is 3.20. The SMILES string of the molecule is CCc1ccc(OC)c(C2(N)CCCC2)c1. The molecule has 1 aromatic carbocycles. The van der Waals surface area contributed by atoms with E-state index in [2.05, 4.69) is 25.1 Å². The molecule has 0 amide bonds. The topological polar surface area (TPSA) is 35.2 Å². The second kappa shape index (κ2) is 4.46. The molecule has 1 aliphatic rings. The van der Waals surface area contributed by atoms with Gasteiger partial charge in [-0.25, -0.2) is 0 Å². The summed E-state index contributed by atoms with van der Waals surface area (Å²) < 4.78 is 5.44. The first-order valence-electron chi connectivity index (χ1n) is 6.16. The lowest BCUT2D eigenvalue weighted by Crippen LogP contribution is -2.33. The number of benzene rings is 1. The highest BCUT2D eigenvalue weighted by molar-refractivity contribution is 5.42. The molecule has 2 nitrogen and oxygen atoms in total. The van der Waals surface area contributed by atoms with Crippen molar-refractivity contribution in [1.29, 1.82) is 0 Å². The number of hydrogen-bond acceptors (Lipinski definition) is 2. The molecule has 1 aromatic rings. The molecule has 2 N–H and O–H groups in total. The van der Waals surface area contributed by atoms with Gasteiger partial charge in [-0.2, -0.15) is 0 Å². The molecule has 0 aromatic heterocycles. The van der Waals surface area contributed by atoms with Gasteiger partial charge in [0.15, 0.2) is 0 Å². The zero-order valence-corrected chi connectivity index (χ0v) is 10.3. The molecule has 0 atom stereocenters. The normalized spacial score (nSPS) is 18.7. The third kappa shape index (κ3) is 1.94. The van der Waals surface area contributed by atoms with Gasteiger partial charge < -0.3 is 10.5 Å². The van der Waals surface area contributed by atoms with Crippen molar-refractivity contribution in [3.63, 3.8) is 0 Å². The number of hydrogen-bond donors (Lipinski definition) is 1. The summed E-state index contributed by atoms with van der Waals surface area (Å²) in [7, 11) is 1.72. The Labute approximate surface area is 97.8 Å². The van der Waals surface area contributed by atoms with Crippen LogP contribution in [0, 0.1) is 0 Å². The van der Waals surface area contributed by atoms with Crippen molar-refractivity contribution in [2.75, 3.05) is 7.11 Å². The first-order chi connectivity index (χ1) is 7.69. The summed E-state index contributed by atoms with van der Waals surface area (Å²) in [6.45, 7) is 2.17. The van der Waals surface area contributed by atoms with Crippen LogP contribution in [0.2, 0.25) is 0 Å². The second-order valence-corrected chi connectivity index (χ2v) is 4.75. The number of aryl methyl sites for hydroxylation is 1. The fourth-order valence-electron chi connectivity index (χ4n) is 2.64. The Bertz CT molecular complexity index is 367. The van der Waals surface area contributed by atoms with Crippen LogP contribution in [0.25, 0.3) is 0 Å². The van der Waals surface area contributed by atoms with Crippen molar-refractivity contribution in [3.8, 4) is 5.75 Å². The van der Waals surface area contributed by atoms with E-state index in [0.29, 0.717) is 0 Å².